The fraction of sp³-hybridized carbons (Fsp3) is 0.0833. The fourth-order valence-corrected chi connectivity index (χ4v) is 2.22. The van der Waals surface area contributed by atoms with Gasteiger partial charge in [0.25, 0.3) is 0 Å². The number of pyridine rings is 1. The van der Waals surface area contributed by atoms with Crippen molar-refractivity contribution < 1.29 is 0 Å². The second-order valence-corrected chi connectivity index (χ2v) is 4.08. The van der Waals surface area contributed by atoms with Crippen molar-refractivity contribution in [2.45, 2.75) is 6.92 Å². The minimum atomic E-state index is 0.770. The first-order chi connectivity index (χ1) is 7.25. The number of H-pyrrole nitrogens is 1. The van der Waals surface area contributed by atoms with Crippen molar-refractivity contribution in [2.24, 2.45) is 0 Å². The van der Waals surface area contributed by atoms with E-state index in [1.54, 1.807) is 0 Å². The number of halogens is 1. The van der Waals surface area contributed by atoms with Crippen LogP contribution in [0.4, 0.5) is 0 Å². The first-order valence-corrected chi connectivity index (χ1v) is 5.16. The molecule has 74 valence electrons. The van der Waals surface area contributed by atoms with Crippen molar-refractivity contribution >= 4 is 33.4 Å². The Morgan fingerprint density at radius 3 is 3.00 bits per heavy atom. The van der Waals surface area contributed by atoms with E-state index in [1.807, 2.05) is 37.4 Å². The summed E-state index contributed by atoms with van der Waals surface area (Å²) in [5.41, 5.74) is 3.05. The number of aryl methyl sites for hydroxylation is 1. The number of fused-ring (bicyclic) bond motifs is 3. The number of hydrogen-bond acceptors (Lipinski definition) is 1. The Morgan fingerprint density at radius 1 is 1.27 bits per heavy atom. The van der Waals surface area contributed by atoms with Crippen molar-refractivity contribution in [1.82, 2.24) is 9.97 Å². The van der Waals surface area contributed by atoms with E-state index in [1.165, 1.54) is 0 Å². The average molecular weight is 217 g/mol. The van der Waals surface area contributed by atoms with Gasteiger partial charge in [0.2, 0.25) is 0 Å². The molecule has 3 aromatic rings. The predicted octanol–water partition coefficient (Wildman–Crippen LogP) is 3.68. The zero-order valence-corrected chi connectivity index (χ0v) is 8.97. The minimum absolute atomic E-state index is 0.770. The number of nitrogens with zero attached hydrogens (tertiary/aromatic N) is 1. The molecular weight excluding hydrogens is 208 g/mol. The maximum absolute atomic E-state index is 6.18. The van der Waals surface area contributed by atoms with Crippen LogP contribution in [0.5, 0.6) is 0 Å². The molecule has 2 aromatic heterocycles. The van der Waals surface area contributed by atoms with E-state index in [9.17, 15) is 0 Å². The van der Waals surface area contributed by atoms with Crippen LogP contribution in [0, 0.1) is 6.92 Å². The highest BCUT2D eigenvalue weighted by Crippen LogP contribution is 2.28. The van der Waals surface area contributed by atoms with Crippen LogP contribution in [0.1, 0.15) is 5.69 Å². The molecule has 2 nitrogen and oxygen atoms in total. The molecule has 0 atom stereocenters. The van der Waals surface area contributed by atoms with E-state index in [2.05, 4.69) is 9.97 Å². The number of aromatic amines is 1. The minimum Gasteiger partial charge on any atom is -0.357 e. The third-order valence-electron chi connectivity index (χ3n) is 2.59. The van der Waals surface area contributed by atoms with E-state index < -0.39 is 0 Å². The SMILES string of the molecule is Cc1cc(Cl)c2ccc3ccnc3c2[nH]1. The molecule has 0 unspecified atom stereocenters. The monoisotopic (exact) mass is 216 g/mol. The van der Waals surface area contributed by atoms with E-state index in [0.717, 1.165) is 32.5 Å². The van der Waals surface area contributed by atoms with Gasteiger partial charge in [-0.3, -0.25) is 4.98 Å². The Morgan fingerprint density at radius 2 is 2.13 bits per heavy atom. The van der Waals surface area contributed by atoms with Crippen LogP contribution in [-0.2, 0) is 0 Å². The topological polar surface area (TPSA) is 28.7 Å². The molecule has 0 aliphatic heterocycles. The molecule has 2 heterocycles. The van der Waals surface area contributed by atoms with E-state index in [0.29, 0.717) is 0 Å². The van der Waals surface area contributed by atoms with E-state index in [-0.39, 0.29) is 0 Å². The summed E-state index contributed by atoms with van der Waals surface area (Å²) in [7, 11) is 0. The molecule has 1 aromatic carbocycles. The molecule has 0 aliphatic carbocycles. The van der Waals surface area contributed by atoms with Gasteiger partial charge in [0.15, 0.2) is 0 Å². The summed E-state index contributed by atoms with van der Waals surface area (Å²) in [5.74, 6) is 0. The van der Waals surface area contributed by atoms with Gasteiger partial charge in [-0.05, 0) is 19.1 Å². The molecular formula is C12H9ClN2. The molecule has 1 N–H and O–H groups in total. The van der Waals surface area contributed by atoms with Crippen LogP contribution in [0.15, 0.2) is 30.5 Å². The zero-order chi connectivity index (χ0) is 10.4. The van der Waals surface area contributed by atoms with E-state index in [4.69, 9.17) is 11.6 Å². The van der Waals surface area contributed by atoms with Gasteiger partial charge in [0.1, 0.15) is 0 Å². The predicted molar refractivity (Wildman–Crippen MR) is 63.3 cm³/mol. The van der Waals surface area contributed by atoms with Crippen LogP contribution in [-0.4, -0.2) is 9.97 Å². The molecule has 0 radical (unpaired) electrons. The third-order valence-corrected chi connectivity index (χ3v) is 2.90. The molecule has 0 saturated heterocycles. The van der Waals surface area contributed by atoms with Gasteiger partial charge in [-0.25, -0.2) is 0 Å². The lowest BCUT2D eigenvalue weighted by molar-refractivity contribution is 1.26. The lowest BCUT2D eigenvalue weighted by atomic mass is 10.1. The van der Waals surface area contributed by atoms with Crippen LogP contribution in [0.25, 0.3) is 21.8 Å². The Hall–Kier alpha value is -1.54. The Labute approximate surface area is 91.9 Å². The smallest absolute Gasteiger partial charge is 0.0943 e. The van der Waals surface area contributed by atoms with Gasteiger partial charge in [-0.2, -0.15) is 0 Å². The quantitative estimate of drug-likeness (QED) is 0.610. The Kier molecular flexibility index (Phi) is 1.73. The molecule has 0 bridgehead atoms. The highest BCUT2D eigenvalue weighted by Gasteiger charge is 2.05. The van der Waals surface area contributed by atoms with Gasteiger partial charge in [-0.1, -0.05) is 23.7 Å². The summed E-state index contributed by atoms with van der Waals surface area (Å²) < 4.78 is 0. The van der Waals surface area contributed by atoms with Crippen LogP contribution < -0.4 is 0 Å². The fourth-order valence-electron chi connectivity index (χ4n) is 1.90. The van der Waals surface area contributed by atoms with Crippen LogP contribution in [0.3, 0.4) is 0 Å². The molecule has 15 heavy (non-hydrogen) atoms. The summed E-state index contributed by atoms with van der Waals surface area (Å²) >= 11 is 6.18. The molecule has 0 spiro atoms. The van der Waals surface area contributed by atoms with Crippen LogP contribution >= 0.6 is 11.6 Å². The largest absolute Gasteiger partial charge is 0.357 e. The Bertz CT molecular complexity index is 655. The second-order valence-electron chi connectivity index (χ2n) is 3.67. The van der Waals surface area contributed by atoms with Gasteiger partial charge in [0, 0.05) is 22.7 Å². The summed E-state index contributed by atoms with van der Waals surface area (Å²) in [5, 5.41) is 2.93. The highest BCUT2D eigenvalue weighted by molar-refractivity contribution is 6.36. The standard InChI is InChI=1S/C12H9ClN2/c1-7-6-10(13)9-3-2-8-4-5-14-11(8)12(9)15-7/h2-6,15H,1H3. The average Bonchev–Trinajstić information content (AvgIpc) is 2.65. The first kappa shape index (κ1) is 8.74. The summed E-state index contributed by atoms with van der Waals surface area (Å²) in [6.07, 6.45) is 1.81. The number of aromatic nitrogens is 2. The lowest BCUT2D eigenvalue weighted by Crippen LogP contribution is -1.85. The van der Waals surface area contributed by atoms with Gasteiger partial charge < -0.3 is 4.98 Å². The van der Waals surface area contributed by atoms with Crippen molar-refractivity contribution in [2.75, 3.05) is 0 Å². The lowest BCUT2D eigenvalue weighted by Gasteiger charge is -2.04. The van der Waals surface area contributed by atoms with E-state index >= 15 is 0 Å². The maximum Gasteiger partial charge on any atom is 0.0943 e. The molecule has 0 fully saturated rings. The summed E-state index contributed by atoms with van der Waals surface area (Å²) in [6.45, 7) is 1.99. The number of rotatable bonds is 0. The first-order valence-electron chi connectivity index (χ1n) is 4.78. The second kappa shape index (κ2) is 2.97. The maximum atomic E-state index is 6.18. The zero-order valence-electron chi connectivity index (χ0n) is 8.21. The van der Waals surface area contributed by atoms with Crippen molar-refractivity contribution in [3.63, 3.8) is 0 Å². The van der Waals surface area contributed by atoms with Crippen molar-refractivity contribution in [3.8, 4) is 0 Å². The number of hydrogen-bond donors (Lipinski definition) is 1. The highest BCUT2D eigenvalue weighted by atomic mass is 35.5. The Balaban J connectivity index is 2.61. The van der Waals surface area contributed by atoms with Crippen LogP contribution in [0.2, 0.25) is 5.02 Å². The van der Waals surface area contributed by atoms with Crippen molar-refractivity contribution in [1.29, 1.82) is 0 Å². The van der Waals surface area contributed by atoms with Gasteiger partial charge in [0.05, 0.1) is 16.1 Å². The summed E-state index contributed by atoms with van der Waals surface area (Å²) in [4.78, 5) is 7.65. The van der Waals surface area contributed by atoms with Gasteiger partial charge >= 0.3 is 0 Å². The number of benzene rings is 1. The molecule has 0 amide bonds. The normalized spacial score (nSPS) is 11.3. The molecule has 3 heteroatoms. The molecule has 0 saturated carbocycles. The molecule has 3 rings (SSSR count). The van der Waals surface area contributed by atoms with Gasteiger partial charge in [-0.15, -0.1) is 0 Å². The number of nitrogens with one attached hydrogen (secondary N) is 1. The summed E-state index contributed by atoms with van der Waals surface area (Å²) in [6, 6.07) is 7.99. The van der Waals surface area contributed by atoms with Crippen molar-refractivity contribution in [3.05, 3.63) is 41.2 Å². The molecule has 0 aliphatic rings. The third kappa shape index (κ3) is 1.22.